The lowest BCUT2D eigenvalue weighted by Crippen LogP contribution is -2.10. The van der Waals surface area contributed by atoms with Gasteiger partial charge in [-0.3, -0.25) is 0 Å². The molecule has 0 spiro atoms. The van der Waals surface area contributed by atoms with Gasteiger partial charge in [0.15, 0.2) is 0 Å². The van der Waals surface area contributed by atoms with Crippen molar-refractivity contribution in [2.24, 2.45) is 0 Å². The first kappa shape index (κ1) is 15.6. The minimum absolute atomic E-state index is 0.0702. The molecule has 0 atom stereocenters. The highest BCUT2D eigenvalue weighted by Gasteiger charge is 2.35. The van der Waals surface area contributed by atoms with E-state index >= 15 is 0 Å². The smallest absolute Gasteiger partial charge is 0.421 e. The molecule has 0 unspecified atom stereocenters. The zero-order valence-corrected chi connectivity index (χ0v) is 11.6. The van der Waals surface area contributed by atoms with Crippen LogP contribution in [0.25, 0.3) is 11.1 Å². The molecule has 0 fully saturated rings. The van der Waals surface area contributed by atoms with Gasteiger partial charge in [-0.2, -0.15) is 18.4 Å². The molecular formula is C15H12F3N3O. The largest absolute Gasteiger partial charge is 0.478 e. The standard InChI is InChI=1S/C15H12F3N3O/c1-2-22-14-13(15(16,17)18)6-10(8-21-14)12-4-3-11(20)5-9(12)7-19/h3-6,8H,2,20H2,1H3. The Labute approximate surface area is 125 Å². The highest BCUT2D eigenvalue weighted by atomic mass is 19.4. The SMILES string of the molecule is CCOc1ncc(-c2ccc(N)cc2C#N)cc1C(F)(F)F. The lowest BCUT2D eigenvalue weighted by atomic mass is 10.00. The van der Waals surface area contributed by atoms with Gasteiger partial charge in [-0.15, -0.1) is 0 Å². The molecule has 0 bridgehead atoms. The number of aromatic nitrogens is 1. The van der Waals surface area contributed by atoms with Crippen LogP contribution in [0.4, 0.5) is 18.9 Å². The maximum Gasteiger partial charge on any atom is 0.421 e. The Balaban J connectivity index is 2.61. The number of rotatable bonds is 3. The van der Waals surface area contributed by atoms with E-state index in [4.69, 9.17) is 15.7 Å². The number of halogens is 3. The van der Waals surface area contributed by atoms with Crippen LogP contribution < -0.4 is 10.5 Å². The first-order valence-corrected chi connectivity index (χ1v) is 6.36. The van der Waals surface area contributed by atoms with E-state index in [1.807, 2.05) is 6.07 Å². The van der Waals surface area contributed by atoms with Crippen molar-refractivity contribution >= 4 is 5.69 Å². The molecule has 2 rings (SSSR count). The average molecular weight is 307 g/mol. The molecule has 0 aliphatic carbocycles. The second-order valence-corrected chi connectivity index (χ2v) is 4.42. The fourth-order valence-electron chi connectivity index (χ4n) is 1.96. The van der Waals surface area contributed by atoms with Crippen molar-refractivity contribution in [3.63, 3.8) is 0 Å². The van der Waals surface area contributed by atoms with E-state index in [0.29, 0.717) is 11.3 Å². The quantitative estimate of drug-likeness (QED) is 0.879. The van der Waals surface area contributed by atoms with Gasteiger partial charge < -0.3 is 10.5 Å². The topological polar surface area (TPSA) is 71.9 Å². The van der Waals surface area contributed by atoms with E-state index in [1.54, 1.807) is 6.92 Å². The van der Waals surface area contributed by atoms with Crippen molar-refractivity contribution in [3.05, 3.63) is 41.6 Å². The minimum Gasteiger partial charge on any atom is -0.478 e. The molecular weight excluding hydrogens is 295 g/mol. The average Bonchev–Trinajstić information content (AvgIpc) is 2.47. The Hall–Kier alpha value is -2.75. The Morgan fingerprint density at radius 2 is 2.05 bits per heavy atom. The molecule has 1 aromatic heterocycles. The van der Waals surface area contributed by atoms with E-state index in [-0.39, 0.29) is 17.7 Å². The van der Waals surface area contributed by atoms with Gasteiger partial charge in [0.2, 0.25) is 5.88 Å². The molecule has 7 heteroatoms. The lowest BCUT2D eigenvalue weighted by Gasteiger charge is -2.14. The van der Waals surface area contributed by atoms with Crippen molar-refractivity contribution in [2.75, 3.05) is 12.3 Å². The number of anilines is 1. The fourth-order valence-corrected chi connectivity index (χ4v) is 1.96. The van der Waals surface area contributed by atoms with Crippen LogP contribution in [0.15, 0.2) is 30.5 Å². The number of nitrogen functional groups attached to an aromatic ring is 1. The highest BCUT2D eigenvalue weighted by molar-refractivity contribution is 5.73. The molecule has 22 heavy (non-hydrogen) atoms. The number of hydrogen-bond acceptors (Lipinski definition) is 4. The first-order valence-electron chi connectivity index (χ1n) is 6.36. The molecule has 4 nitrogen and oxygen atoms in total. The molecule has 0 radical (unpaired) electrons. The first-order chi connectivity index (χ1) is 10.4. The molecule has 0 amide bonds. The summed E-state index contributed by atoms with van der Waals surface area (Å²) in [6.45, 7) is 1.64. The second kappa shape index (κ2) is 5.93. The van der Waals surface area contributed by atoms with E-state index in [0.717, 1.165) is 6.07 Å². The van der Waals surface area contributed by atoms with Crippen LogP contribution in [0.5, 0.6) is 5.88 Å². The van der Waals surface area contributed by atoms with Crippen molar-refractivity contribution in [1.29, 1.82) is 5.26 Å². The van der Waals surface area contributed by atoms with Gasteiger partial charge in [0, 0.05) is 23.0 Å². The summed E-state index contributed by atoms with van der Waals surface area (Å²) in [5.74, 6) is -0.479. The van der Waals surface area contributed by atoms with E-state index in [9.17, 15) is 13.2 Å². The Morgan fingerprint density at radius 3 is 2.64 bits per heavy atom. The van der Waals surface area contributed by atoms with Crippen LogP contribution in [0.1, 0.15) is 18.1 Å². The summed E-state index contributed by atoms with van der Waals surface area (Å²) in [5.41, 5.74) is 5.64. The van der Waals surface area contributed by atoms with Crippen LogP contribution in [0.2, 0.25) is 0 Å². The molecule has 114 valence electrons. The van der Waals surface area contributed by atoms with Crippen molar-refractivity contribution < 1.29 is 17.9 Å². The third kappa shape index (κ3) is 3.11. The number of alkyl halides is 3. The summed E-state index contributed by atoms with van der Waals surface area (Å²) in [6, 6.07) is 7.24. The highest BCUT2D eigenvalue weighted by Crippen LogP contribution is 2.38. The normalized spacial score (nSPS) is 11.0. The van der Waals surface area contributed by atoms with Gasteiger partial charge in [0.25, 0.3) is 0 Å². The zero-order chi connectivity index (χ0) is 16.3. The molecule has 2 N–H and O–H groups in total. The van der Waals surface area contributed by atoms with Crippen LogP contribution in [0.3, 0.4) is 0 Å². The number of hydrogen-bond donors (Lipinski definition) is 1. The second-order valence-electron chi connectivity index (χ2n) is 4.42. The molecule has 0 saturated carbocycles. The van der Waals surface area contributed by atoms with E-state index < -0.39 is 17.6 Å². The summed E-state index contributed by atoms with van der Waals surface area (Å²) in [6.07, 6.45) is -3.36. The molecule has 1 aromatic carbocycles. The van der Waals surface area contributed by atoms with Crippen molar-refractivity contribution in [1.82, 2.24) is 4.98 Å². The third-order valence-electron chi connectivity index (χ3n) is 2.91. The molecule has 2 aromatic rings. The predicted molar refractivity (Wildman–Crippen MR) is 75.0 cm³/mol. The van der Waals surface area contributed by atoms with Gasteiger partial charge in [0.1, 0.15) is 5.56 Å². The van der Waals surface area contributed by atoms with Crippen LogP contribution in [0, 0.1) is 11.3 Å². The molecule has 0 aliphatic heterocycles. The summed E-state index contributed by atoms with van der Waals surface area (Å²) in [7, 11) is 0. The molecule has 0 aliphatic rings. The fraction of sp³-hybridized carbons (Fsp3) is 0.200. The number of ether oxygens (including phenoxy) is 1. The lowest BCUT2D eigenvalue weighted by molar-refractivity contribution is -0.139. The van der Waals surface area contributed by atoms with E-state index in [2.05, 4.69) is 4.98 Å². The monoisotopic (exact) mass is 307 g/mol. The van der Waals surface area contributed by atoms with Crippen LogP contribution in [-0.4, -0.2) is 11.6 Å². The molecule has 1 heterocycles. The van der Waals surface area contributed by atoms with Crippen LogP contribution in [-0.2, 0) is 6.18 Å². The summed E-state index contributed by atoms with van der Waals surface area (Å²) in [4.78, 5) is 3.73. The Morgan fingerprint density at radius 1 is 1.32 bits per heavy atom. The Bertz CT molecular complexity index is 736. The maximum absolute atomic E-state index is 13.1. The Kier molecular flexibility index (Phi) is 4.22. The number of benzene rings is 1. The third-order valence-corrected chi connectivity index (χ3v) is 2.91. The zero-order valence-electron chi connectivity index (χ0n) is 11.6. The summed E-state index contributed by atoms with van der Waals surface area (Å²) < 4.78 is 44.2. The van der Waals surface area contributed by atoms with Gasteiger partial charge in [-0.05, 0) is 25.1 Å². The van der Waals surface area contributed by atoms with Crippen LogP contribution >= 0.6 is 0 Å². The number of nitriles is 1. The van der Waals surface area contributed by atoms with Crippen molar-refractivity contribution in [3.8, 4) is 23.1 Å². The van der Waals surface area contributed by atoms with Crippen molar-refractivity contribution in [2.45, 2.75) is 13.1 Å². The van der Waals surface area contributed by atoms with E-state index in [1.165, 1.54) is 24.4 Å². The summed E-state index contributed by atoms with van der Waals surface area (Å²) in [5, 5.41) is 9.10. The minimum atomic E-state index is -4.60. The van der Waals surface area contributed by atoms with Gasteiger partial charge in [0.05, 0.1) is 18.2 Å². The predicted octanol–water partition coefficient (Wildman–Crippen LogP) is 3.62. The maximum atomic E-state index is 13.1. The number of nitrogens with two attached hydrogens (primary N) is 1. The molecule has 0 saturated heterocycles. The van der Waals surface area contributed by atoms with Gasteiger partial charge in [-0.25, -0.2) is 4.98 Å². The number of pyridine rings is 1. The number of nitrogens with zero attached hydrogens (tertiary/aromatic N) is 2. The van der Waals surface area contributed by atoms with Gasteiger partial charge >= 0.3 is 6.18 Å². The summed E-state index contributed by atoms with van der Waals surface area (Å²) >= 11 is 0. The van der Waals surface area contributed by atoms with Gasteiger partial charge in [-0.1, -0.05) is 6.07 Å².